The van der Waals surface area contributed by atoms with Crippen LogP contribution in [-0.2, 0) is 4.79 Å². The predicted octanol–water partition coefficient (Wildman–Crippen LogP) is 5.57. The molecule has 0 bridgehead atoms. The van der Waals surface area contributed by atoms with Crippen LogP contribution < -0.4 is 0 Å². The molecule has 168 valence electrons. The maximum Gasteiger partial charge on any atom is 0.227 e. The number of amides is 1. The second-order valence-electron chi connectivity index (χ2n) is 9.51. The van der Waals surface area contributed by atoms with Gasteiger partial charge in [-0.1, -0.05) is 32.9 Å². The fourth-order valence-corrected chi connectivity index (χ4v) is 4.25. The molecule has 6 heteroatoms. The van der Waals surface area contributed by atoms with E-state index in [0.29, 0.717) is 24.5 Å². The molecule has 0 radical (unpaired) electrons. The Morgan fingerprint density at radius 3 is 2.42 bits per heavy atom. The molecule has 5 nitrogen and oxygen atoms in total. The second kappa shape index (κ2) is 9.11. The molecular formula is C27H27FN4O. The number of hydrogen-bond donors (Lipinski definition) is 0. The van der Waals surface area contributed by atoms with Crippen molar-refractivity contribution in [3.05, 3.63) is 71.8 Å². The van der Waals surface area contributed by atoms with Crippen LogP contribution in [0.4, 0.5) is 4.39 Å². The smallest absolute Gasteiger partial charge is 0.227 e. The summed E-state index contributed by atoms with van der Waals surface area (Å²) in [6.45, 7) is 7.19. The lowest BCUT2D eigenvalue weighted by atomic mass is 9.87. The lowest BCUT2D eigenvalue weighted by Gasteiger charge is -2.36. The molecule has 1 aromatic heterocycles. The van der Waals surface area contributed by atoms with Crippen molar-refractivity contribution < 1.29 is 9.18 Å². The van der Waals surface area contributed by atoms with Crippen LogP contribution in [-0.4, -0.2) is 33.9 Å². The van der Waals surface area contributed by atoms with E-state index < -0.39 is 5.41 Å². The van der Waals surface area contributed by atoms with Gasteiger partial charge in [-0.2, -0.15) is 5.26 Å². The number of benzene rings is 2. The highest BCUT2D eigenvalue weighted by molar-refractivity contribution is 5.81. The van der Waals surface area contributed by atoms with E-state index in [9.17, 15) is 14.4 Å². The number of piperidine rings is 1. The minimum Gasteiger partial charge on any atom is -0.342 e. The highest BCUT2D eigenvalue weighted by atomic mass is 19.1. The molecule has 1 aliphatic heterocycles. The number of hydrogen-bond acceptors (Lipinski definition) is 4. The molecule has 0 atom stereocenters. The fourth-order valence-electron chi connectivity index (χ4n) is 4.25. The standard InChI is InChI=1S/C27H27FN4O/c1-27(2,3)26(33)32-13-11-19(12-14-32)24-23(21-6-4-5-18(15-21)16-29)17-30-25(31-24)20-7-9-22(28)10-8-20/h4-10,15,17,19H,11-14H2,1-3H3. The van der Waals surface area contributed by atoms with Crippen molar-refractivity contribution in [2.24, 2.45) is 5.41 Å². The van der Waals surface area contributed by atoms with Crippen LogP contribution in [0.1, 0.15) is 50.8 Å². The van der Waals surface area contributed by atoms with Gasteiger partial charge in [0, 0.05) is 41.7 Å². The van der Waals surface area contributed by atoms with Crippen molar-refractivity contribution in [2.75, 3.05) is 13.1 Å². The summed E-state index contributed by atoms with van der Waals surface area (Å²) in [5.74, 6) is 0.549. The zero-order chi connectivity index (χ0) is 23.6. The molecule has 1 aliphatic rings. The predicted molar refractivity (Wildman–Crippen MR) is 126 cm³/mol. The molecule has 0 N–H and O–H groups in total. The molecule has 33 heavy (non-hydrogen) atoms. The van der Waals surface area contributed by atoms with Crippen LogP contribution in [0.15, 0.2) is 54.7 Å². The highest BCUT2D eigenvalue weighted by Crippen LogP contribution is 2.36. The van der Waals surface area contributed by atoms with Gasteiger partial charge in [0.15, 0.2) is 5.82 Å². The number of rotatable bonds is 3. The van der Waals surface area contributed by atoms with Crippen LogP contribution >= 0.6 is 0 Å². The van der Waals surface area contributed by atoms with Crippen molar-refractivity contribution in [1.82, 2.24) is 14.9 Å². The topological polar surface area (TPSA) is 69.9 Å². The van der Waals surface area contributed by atoms with E-state index in [1.54, 1.807) is 24.4 Å². The molecule has 4 rings (SSSR count). The third kappa shape index (κ3) is 4.93. The molecule has 0 spiro atoms. The van der Waals surface area contributed by atoms with E-state index in [0.717, 1.165) is 35.2 Å². The van der Waals surface area contributed by atoms with E-state index >= 15 is 0 Å². The molecule has 0 unspecified atom stereocenters. The number of aromatic nitrogens is 2. The summed E-state index contributed by atoms with van der Waals surface area (Å²) < 4.78 is 13.4. The average molecular weight is 443 g/mol. The first-order valence-electron chi connectivity index (χ1n) is 11.2. The van der Waals surface area contributed by atoms with Crippen LogP contribution in [0.3, 0.4) is 0 Å². The molecular weight excluding hydrogens is 415 g/mol. The van der Waals surface area contributed by atoms with E-state index in [1.807, 2.05) is 43.9 Å². The molecule has 1 amide bonds. The van der Waals surface area contributed by atoms with Crippen LogP contribution in [0.2, 0.25) is 0 Å². The van der Waals surface area contributed by atoms with E-state index in [-0.39, 0.29) is 17.6 Å². The minimum atomic E-state index is -0.402. The lowest BCUT2D eigenvalue weighted by molar-refractivity contribution is -0.140. The fraction of sp³-hybridized carbons (Fsp3) is 0.333. The Labute approximate surface area is 193 Å². The zero-order valence-corrected chi connectivity index (χ0v) is 19.2. The molecule has 1 fully saturated rings. The Morgan fingerprint density at radius 2 is 1.79 bits per heavy atom. The summed E-state index contributed by atoms with van der Waals surface area (Å²) in [5.41, 5.74) is 3.60. The number of likely N-dealkylation sites (tertiary alicyclic amines) is 1. The van der Waals surface area contributed by atoms with Gasteiger partial charge in [-0.05, 0) is 54.8 Å². The van der Waals surface area contributed by atoms with E-state index in [2.05, 4.69) is 11.1 Å². The Kier molecular flexibility index (Phi) is 6.24. The third-order valence-electron chi connectivity index (χ3n) is 6.03. The van der Waals surface area contributed by atoms with E-state index in [1.165, 1.54) is 12.1 Å². The van der Waals surface area contributed by atoms with Crippen LogP contribution in [0.5, 0.6) is 0 Å². The molecule has 0 saturated carbocycles. The Morgan fingerprint density at radius 1 is 1.09 bits per heavy atom. The number of nitrogens with zero attached hydrogens (tertiary/aromatic N) is 4. The third-order valence-corrected chi connectivity index (χ3v) is 6.03. The van der Waals surface area contributed by atoms with Crippen molar-refractivity contribution in [1.29, 1.82) is 5.26 Å². The summed E-state index contributed by atoms with van der Waals surface area (Å²) in [5, 5.41) is 9.34. The van der Waals surface area contributed by atoms with Crippen LogP contribution in [0.25, 0.3) is 22.5 Å². The summed E-state index contributed by atoms with van der Waals surface area (Å²) in [6, 6.07) is 15.8. The average Bonchev–Trinajstić information content (AvgIpc) is 2.83. The van der Waals surface area contributed by atoms with Gasteiger partial charge in [-0.15, -0.1) is 0 Å². The van der Waals surface area contributed by atoms with Crippen molar-refractivity contribution in [2.45, 2.75) is 39.5 Å². The Bertz CT molecular complexity index is 1200. The first-order valence-corrected chi connectivity index (χ1v) is 11.2. The summed E-state index contributed by atoms with van der Waals surface area (Å²) in [6.07, 6.45) is 3.39. The maximum atomic E-state index is 13.4. The monoisotopic (exact) mass is 442 g/mol. The van der Waals surface area contributed by atoms with Crippen molar-refractivity contribution in [3.8, 4) is 28.6 Å². The minimum absolute atomic E-state index is 0.150. The normalized spacial score (nSPS) is 14.7. The number of carbonyl (C=O) groups is 1. The van der Waals surface area contributed by atoms with Gasteiger partial charge in [-0.25, -0.2) is 14.4 Å². The maximum absolute atomic E-state index is 13.4. The Balaban J connectivity index is 1.71. The second-order valence-corrected chi connectivity index (χ2v) is 9.51. The lowest BCUT2D eigenvalue weighted by Crippen LogP contribution is -2.43. The first kappa shape index (κ1) is 22.6. The van der Waals surface area contributed by atoms with Gasteiger partial charge in [0.1, 0.15) is 5.82 Å². The summed E-state index contributed by atoms with van der Waals surface area (Å²) in [4.78, 5) is 24.2. The number of carbonyl (C=O) groups excluding carboxylic acids is 1. The molecule has 3 aromatic rings. The van der Waals surface area contributed by atoms with Gasteiger partial charge in [0.2, 0.25) is 5.91 Å². The van der Waals surface area contributed by atoms with Gasteiger partial charge in [-0.3, -0.25) is 4.79 Å². The zero-order valence-electron chi connectivity index (χ0n) is 19.2. The molecule has 2 heterocycles. The number of halogens is 1. The van der Waals surface area contributed by atoms with Gasteiger partial charge >= 0.3 is 0 Å². The van der Waals surface area contributed by atoms with Gasteiger partial charge in [0.05, 0.1) is 17.3 Å². The largest absolute Gasteiger partial charge is 0.342 e. The first-order chi connectivity index (χ1) is 15.8. The Hall–Kier alpha value is -3.59. The van der Waals surface area contributed by atoms with Gasteiger partial charge in [0.25, 0.3) is 0 Å². The highest BCUT2D eigenvalue weighted by Gasteiger charge is 2.32. The van der Waals surface area contributed by atoms with E-state index in [4.69, 9.17) is 4.98 Å². The SMILES string of the molecule is CC(C)(C)C(=O)N1CCC(c2nc(-c3ccc(F)cc3)ncc2-c2cccc(C#N)c2)CC1. The number of nitriles is 1. The molecule has 0 aliphatic carbocycles. The van der Waals surface area contributed by atoms with Crippen LogP contribution in [0, 0.1) is 22.6 Å². The van der Waals surface area contributed by atoms with Crippen molar-refractivity contribution >= 4 is 5.91 Å². The summed E-state index contributed by atoms with van der Waals surface area (Å²) in [7, 11) is 0. The molecule has 2 aromatic carbocycles. The quantitative estimate of drug-likeness (QED) is 0.531. The van der Waals surface area contributed by atoms with Crippen molar-refractivity contribution in [3.63, 3.8) is 0 Å². The summed E-state index contributed by atoms with van der Waals surface area (Å²) >= 11 is 0. The van der Waals surface area contributed by atoms with Gasteiger partial charge < -0.3 is 4.90 Å². The molecule has 1 saturated heterocycles.